The molecule has 0 saturated heterocycles. The van der Waals surface area contributed by atoms with E-state index in [4.69, 9.17) is 0 Å². The minimum Gasteiger partial charge on any atom is -0.267 e. The van der Waals surface area contributed by atoms with E-state index in [0.29, 0.717) is 5.56 Å². The number of hydrazone groups is 1. The average Bonchev–Trinajstić information content (AvgIpc) is 2.51. The normalized spacial score (nSPS) is 11.7. The fourth-order valence-electron chi connectivity index (χ4n) is 1.99. The smallest absolute Gasteiger partial charge is 0.267 e. The maximum atomic E-state index is 12.0. The fraction of sp³-hybridized carbons (Fsp3) is 0.158. The summed E-state index contributed by atoms with van der Waals surface area (Å²) in [6.07, 6.45) is 3.65. The molecule has 112 valence electrons. The van der Waals surface area contributed by atoms with Gasteiger partial charge in [0.25, 0.3) is 5.91 Å². The largest absolute Gasteiger partial charge is 0.271 e. The van der Waals surface area contributed by atoms with Gasteiger partial charge < -0.3 is 0 Å². The van der Waals surface area contributed by atoms with Crippen LogP contribution in [0.25, 0.3) is 6.08 Å². The van der Waals surface area contributed by atoms with Crippen molar-refractivity contribution >= 4 is 18.2 Å². The standard InChI is InChI=1S/C19H20N2O/c1-14(11-17-7-5-4-6-8-17)13-20-21-19(22)18-10-9-15(2)16(3)12-18/h4-13H,1-3H3,(H,21,22)/b14-11+,20-13-. The summed E-state index contributed by atoms with van der Waals surface area (Å²) in [7, 11) is 0. The average molecular weight is 292 g/mol. The summed E-state index contributed by atoms with van der Waals surface area (Å²) >= 11 is 0. The summed E-state index contributed by atoms with van der Waals surface area (Å²) in [6, 6.07) is 15.6. The van der Waals surface area contributed by atoms with Gasteiger partial charge in [-0.3, -0.25) is 4.79 Å². The molecule has 2 aromatic carbocycles. The van der Waals surface area contributed by atoms with E-state index in [1.165, 1.54) is 5.56 Å². The Kier molecular flexibility index (Phi) is 5.26. The highest BCUT2D eigenvalue weighted by Crippen LogP contribution is 2.09. The van der Waals surface area contributed by atoms with Gasteiger partial charge in [-0.2, -0.15) is 5.10 Å². The summed E-state index contributed by atoms with van der Waals surface area (Å²) < 4.78 is 0. The van der Waals surface area contributed by atoms with Crippen LogP contribution in [0.4, 0.5) is 0 Å². The van der Waals surface area contributed by atoms with Crippen LogP contribution in [0.1, 0.15) is 34.0 Å². The van der Waals surface area contributed by atoms with E-state index in [0.717, 1.165) is 16.7 Å². The van der Waals surface area contributed by atoms with Gasteiger partial charge in [0.05, 0.1) is 6.21 Å². The minimum atomic E-state index is -0.202. The molecular weight excluding hydrogens is 272 g/mol. The van der Waals surface area contributed by atoms with Gasteiger partial charge >= 0.3 is 0 Å². The number of aryl methyl sites for hydroxylation is 2. The summed E-state index contributed by atoms with van der Waals surface area (Å²) in [4.78, 5) is 12.0. The highest BCUT2D eigenvalue weighted by molar-refractivity contribution is 5.95. The molecule has 0 heterocycles. The number of carbonyl (C=O) groups is 1. The number of benzene rings is 2. The van der Waals surface area contributed by atoms with Crippen LogP contribution < -0.4 is 5.43 Å². The van der Waals surface area contributed by atoms with Crippen molar-refractivity contribution < 1.29 is 4.79 Å². The highest BCUT2D eigenvalue weighted by atomic mass is 16.2. The zero-order valence-corrected chi connectivity index (χ0v) is 13.1. The lowest BCUT2D eigenvalue weighted by Crippen LogP contribution is -2.17. The van der Waals surface area contributed by atoms with Gasteiger partial charge in [-0.25, -0.2) is 5.43 Å². The van der Waals surface area contributed by atoms with E-state index in [9.17, 15) is 4.79 Å². The van der Waals surface area contributed by atoms with E-state index in [1.807, 2.05) is 69.3 Å². The molecule has 2 aromatic rings. The molecular formula is C19H20N2O. The third kappa shape index (κ3) is 4.42. The zero-order valence-electron chi connectivity index (χ0n) is 13.1. The number of allylic oxidation sites excluding steroid dienone is 1. The second-order valence-electron chi connectivity index (χ2n) is 5.30. The Hall–Kier alpha value is -2.68. The van der Waals surface area contributed by atoms with Crippen molar-refractivity contribution in [2.45, 2.75) is 20.8 Å². The van der Waals surface area contributed by atoms with Gasteiger partial charge in [0.2, 0.25) is 0 Å². The van der Waals surface area contributed by atoms with E-state index in [-0.39, 0.29) is 5.91 Å². The quantitative estimate of drug-likeness (QED) is 0.668. The van der Waals surface area contributed by atoms with Gasteiger partial charge in [-0.05, 0) is 55.2 Å². The predicted molar refractivity (Wildman–Crippen MR) is 92.0 cm³/mol. The second kappa shape index (κ2) is 7.36. The summed E-state index contributed by atoms with van der Waals surface area (Å²) in [5.74, 6) is -0.202. The molecule has 0 aliphatic heterocycles. The Labute approximate surface area is 131 Å². The molecule has 0 saturated carbocycles. The van der Waals surface area contributed by atoms with E-state index in [1.54, 1.807) is 12.3 Å². The molecule has 0 aromatic heterocycles. The van der Waals surface area contributed by atoms with Crippen LogP contribution in [0, 0.1) is 13.8 Å². The number of hydrogen-bond donors (Lipinski definition) is 1. The molecule has 0 unspecified atom stereocenters. The lowest BCUT2D eigenvalue weighted by molar-refractivity contribution is 0.0955. The molecule has 0 atom stereocenters. The van der Waals surface area contributed by atoms with Gasteiger partial charge in [0.15, 0.2) is 0 Å². The van der Waals surface area contributed by atoms with Crippen molar-refractivity contribution in [3.05, 3.63) is 76.4 Å². The van der Waals surface area contributed by atoms with Crippen molar-refractivity contribution in [1.29, 1.82) is 0 Å². The van der Waals surface area contributed by atoms with E-state index >= 15 is 0 Å². The van der Waals surface area contributed by atoms with Crippen molar-refractivity contribution in [2.75, 3.05) is 0 Å². The number of rotatable bonds is 4. The molecule has 0 bridgehead atoms. The predicted octanol–water partition coefficient (Wildman–Crippen LogP) is 4.12. The highest BCUT2D eigenvalue weighted by Gasteiger charge is 2.04. The first-order chi connectivity index (χ1) is 10.6. The van der Waals surface area contributed by atoms with Crippen molar-refractivity contribution in [3.8, 4) is 0 Å². The summed E-state index contributed by atoms with van der Waals surface area (Å²) in [6.45, 7) is 5.95. The first kappa shape index (κ1) is 15.7. The number of amides is 1. The van der Waals surface area contributed by atoms with Crippen molar-refractivity contribution in [1.82, 2.24) is 5.43 Å². The van der Waals surface area contributed by atoms with Crippen LogP contribution in [-0.2, 0) is 0 Å². The van der Waals surface area contributed by atoms with E-state index in [2.05, 4.69) is 10.5 Å². The van der Waals surface area contributed by atoms with Crippen LogP contribution in [0.2, 0.25) is 0 Å². The lowest BCUT2D eigenvalue weighted by atomic mass is 10.1. The molecule has 0 radical (unpaired) electrons. The molecule has 0 aliphatic carbocycles. The Bertz CT molecular complexity index is 715. The monoisotopic (exact) mass is 292 g/mol. The van der Waals surface area contributed by atoms with Gasteiger partial charge in [-0.1, -0.05) is 42.5 Å². The van der Waals surface area contributed by atoms with E-state index < -0.39 is 0 Å². The molecule has 0 fully saturated rings. The van der Waals surface area contributed by atoms with Crippen LogP contribution >= 0.6 is 0 Å². The van der Waals surface area contributed by atoms with Crippen LogP contribution in [0.5, 0.6) is 0 Å². The molecule has 1 amide bonds. The molecule has 22 heavy (non-hydrogen) atoms. The first-order valence-electron chi connectivity index (χ1n) is 7.20. The lowest BCUT2D eigenvalue weighted by Gasteiger charge is -2.03. The molecule has 1 N–H and O–H groups in total. The third-order valence-electron chi connectivity index (χ3n) is 3.40. The molecule has 3 heteroatoms. The Morgan fingerprint density at radius 3 is 2.45 bits per heavy atom. The summed E-state index contributed by atoms with van der Waals surface area (Å²) in [5.41, 5.74) is 7.50. The van der Waals surface area contributed by atoms with Crippen molar-refractivity contribution in [3.63, 3.8) is 0 Å². The first-order valence-corrected chi connectivity index (χ1v) is 7.20. The van der Waals surface area contributed by atoms with Crippen LogP contribution in [0.15, 0.2) is 59.2 Å². The molecule has 0 spiro atoms. The maximum absolute atomic E-state index is 12.0. The van der Waals surface area contributed by atoms with Gasteiger partial charge in [0.1, 0.15) is 0 Å². The number of nitrogens with zero attached hydrogens (tertiary/aromatic N) is 1. The number of carbonyl (C=O) groups excluding carboxylic acids is 1. The molecule has 3 nitrogen and oxygen atoms in total. The zero-order chi connectivity index (χ0) is 15.9. The Balaban J connectivity index is 1.98. The van der Waals surface area contributed by atoms with Crippen molar-refractivity contribution in [2.24, 2.45) is 5.10 Å². The third-order valence-corrected chi connectivity index (χ3v) is 3.40. The molecule has 0 aliphatic rings. The molecule has 2 rings (SSSR count). The second-order valence-corrected chi connectivity index (χ2v) is 5.30. The number of nitrogens with one attached hydrogen (secondary N) is 1. The number of hydrogen-bond acceptors (Lipinski definition) is 2. The maximum Gasteiger partial charge on any atom is 0.271 e. The minimum absolute atomic E-state index is 0.202. The fourth-order valence-corrected chi connectivity index (χ4v) is 1.99. The van der Waals surface area contributed by atoms with Gasteiger partial charge in [-0.15, -0.1) is 0 Å². The topological polar surface area (TPSA) is 41.5 Å². The Morgan fingerprint density at radius 1 is 1.05 bits per heavy atom. The Morgan fingerprint density at radius 2 is 1.77 bits per heavy atom. The van der Waals surface area contributed by atoms with Crippen LogP contribution in [0.3, 0.4) is 0 Å². The summed E-state index contributed by atoms with van der Waals surface area (Å²) in [5, 5.41) is 4.00. The SMILES string of the molecule is CC(/C=N\NC(=O)c1ccc(C)c(C)c1)=C\c1ccccc1. The van der Waals surface area contributed by atoms with Gasteiger partial charge in [0, 0.05) is 5.56 Å². The van der Waals surface area contributed by atoms with Crippen LogP contribution in [-0.4, -0.2) is 12.1 Å².